The molecular weight excluding hydrogens is 228 g/mol. The van der Waals surface area contributed by atoms with Gasteiger partial charge in [-0.15, -0.1) is 0 Å². The van der Waals surface area contributed by atoms with Gasteiger partial charge in [-0.05, 0) is 18.2 Å². The number of carbonyl (C=O) groups excluding carboxylic acids is 1. The molecule has 2 aromatic rings. The maximum absolute atomic E-state index is 11.5. The average Bonchev–Trinajstić information content (AvgIpc) is 2.81. The summed E-state index contributed by atoms with van der Waals surface area (Å²) in [5.74, 6) is -0.332. The molecule has 1 aromatic carbocycles. The lowest BCUT2D eigenvalue weighted by Crippen LogP contribution is -2.29. The molecule has 1 heterocycles. The summed E-state index contributed by atoms with van der Waals surface area (Å²) in [6.45, 7) is 0. The van der Waals surface area contributed by atoms with Crippen LogP contribution in [-0.4, -0.2) is 16.1 Å². The Morgan fingerprint density at radius 3 is 2.81 bits per heavy atom. The van der Waals surface area contributed by atoms with Crippen molar-refractivity contribution >= 4 is 23.2 Å². The van der Waals surface area contributed by atoms with Crippen molar-refractivity contribution in [1.82, 2.24) is 15.6 Å². The van der Waals surface area contributed by atoms with Gasteiger partial charge in [0.2, 0.25) is 0 Å². The molecule has 0 radical (unpaired) electrons. The van der Waals surface area contributed by atoms with Gasteiger partial charge in [0.05, 0.1) is 10.7 Å². The van der Waals surface area contributed by atoms with Crippen LogP contribution in [0.2, 0.25) is 5.02 Å². The molecule has 1 amide bonds. The number of benzene rings is 1. The summed E-state index contributed by atoms with van der Waals surface area (Å²) in [7, 11) is 0. The van der Waals surface area contributed by atoms with Crippen molar-refractivity contribution in [1.29, 1.82) is 0 Å². The second-order valence-electron chi connectivity index (χ2n) is 3.02. The van der Waals surface area contributed by atoms with E-state index in [0.717, 1.165) is 0 Å². The molecule has 3 N–H and O–H groups in total. The predicted molar refractivity (Wildman–Crippen MR) is 61.1 cm³/mol. The maximum Gasteiger partial charge on any atom is 0.290 e. The SMILES string of the molecule is O=C(NNc1ccccc1Cl)c1cc[nH]n1. The van der Waals surface area contributed by atoms with Crippen molar-refractivity contribution in [2.45, 2.75) is 0 Å². The standard InChI is InChI=1S/C10H9ClN4O/c11-7-3-1-2-4-8(7)14-15-10(16)9-5-6-12-13-9/h1-6,14H,(H,12,13)(H,15,16). The maximum atomic E-state index is 11.5. The molecule has 1 aromatic heterocycles. The van der Waals surface area contributed by atoms with Gasteiger partial charge in [0, 0.05) is 6.20 Å². The van der Waals surface area contributed by atoms with E-state index in [-0.39, 0.29) is 5.91 Å². The Morgan fingerprint density at radius 2 is 2.12 bits per heavy atom. The van der Waals surface area contributed by atoms with Gasteiger partial charge in [0.25, 0.3) is 5.91 Å². The largest absolute Gasteiger partial charge is 0.297 e. The number of halogens is 1. The van der Waals surface area contributed by atoms with Crippen LogP contribution in [0.3, 0.4) is 0 Å². The minimum atomic E-state index is -0.332. The number of nitrogens with one attached hydrogen (secondary N) is 3. The Kier molecular flexibility index (Phi) is 3.07. The van der Waals surface area contributed by atoms with Crippen LogP contribution >= 0.6 is 11.6 Å². The van der Waals surface area contributed by atoms with E-state index in [2.05, 4.69) is 21.0 Å². The van der Waals surface area contributed by atoms with Crippen LogP contribution in [0.5, 0.6) is 0 Å². The lowest BCUT2D eigenvalue weighted by molar-refractivity contribution is 0.0957. The third-order valence-corrected chi connectivity index (χ3v) is 2.25. The number of amides is 1. The number of hydrogen-bond donors (Lipinski definition) is 3. The van der Waals surface area contributed by atoms with Gasteiger partial charge in [-0.3, -0.25) is 20.7 Å². The van der Waals surface area contributed by atoms with E-state index in [0.29, 0.717) is 16.4 Å². The van der Waals surface area contributed by atoms with Crippen LogP contribution in [0, 0.1) is 0 Å². The summed E-state index contributed by atoms with van der Waals surface area (Å²) in [6.07, 6.45) is 1.57. The van der Waals surface area contributed by atoms with Crippen molar-refractivity contribution in [3.05, 3.63) is 47.2 Å². The van der Waals surface area contributed by atoms with Crippen molar-refractivity contribution in [3.63, 3.8) is 0 Å². The van der Waals surface area contributed by atoms with Gasteiger partial charge in [-0.25, -0.2) is 0 Å². The van der Waals surface area contributed by atoms with Crippen molar-refractivity contribution in [3.8, 4) is 0 Å². The number of nitrogens with zero attached hydrogens (tertiary/aromatic N) is 1. The minimum absolute atomic E-state index is 0.305. The van der Waals surface area contributed by atoms with Crippen LogP contribution in [-0.2, 0) is 0 Å². The van der Waals surface area contributed by atoms with E-state index in [4.69, 9.17) is 11.6 Å². The first-order valence-electron chi connectivity index (χ1n) is 4.58. The highest BCUT2D eigenvalue weighted by Gasteiger charge is 2.07. The topological polar surface area (TPSA) is 69.8 Å². The summed E-state index contributed by atoms with van der Waals surface area (Å²) < 4.78 is 0. The molecule has 0 unspecified atom stereocenters. The third-order valence-electron chi connectivity index (χ3n) is 1.92. The highest BCUT2D eigenvalue weighted by Crippen LogP contribution is 2.19. The molecular formula is C10H9ClN4O. The number of H-pyrrole nitrogens is 1. The molecule has 82 valence electrons. The molecule has 0 saturated heterocycles. The number of rotatable bonds is 3. The van der Waals surface area contributed by atoms with E-state index in [1.165, 1.54) is 0 Å². The Hall–Kier alpha value is -2.01. The fraction of sp³-hybridized carbons (Fsp3) is 0. The number of aromatic nitrogens is 2. The van der Waals surface area contributed by atoms with Gasteiger partial charge in [0.15, 0.2) is 5.69 Å². The smallest absolute Gasteiger partial charge is 0.290 e. The summed E-state index contributed by atoms with van der Waals surface area (Å²) in [4.78, 5) is 11.5. The Labute approximate surface area is 96.8 Å². The van der Waals surface area contributed by atoms with Crippen LogP contribution < -0.4 is 10.9 Å². The molecule has 0 spiro atoms. The Morgan fingerprint density at radius 1 is 1.31 bits per heavy atom. The molecule has 0 aliphatic rings. The van der Waals surface area contributed by atoms with E-state index in [1.54, 1.807) is 24.4 Å². The number of aromatic amines is 1. The molecule has 0 atom stereocenters. The summed E-state index contributed by atoms with van der Waals surface area (Å²) in [5, 5.41) is 6.83. The fourth-order valence-electron chi connectivity index (χ4n) is 1.14. The molecule has 0 fully saturated rings. The normalized spacial score (nSPS) is 9.81. The zero-order valence-corrected chi connectivity index (χ0v) is 8.95. The average molecular weight is 237 g/mol. The third kappa shape index (κ3) is 2.32. The molecule has 0 aliphatic carbocycles. The summed E-state index contributed by atoms with van der Waals surface area (Å²) in [5.41, 5.74) is 6.14. The van der Waals surface area contributed by atoms with E-state index in [1.807, 2.05) is 12.1 Å². The van der Waals surface area contributed by atoms with E-state index in [9.17, 15) is 4.79 Å². The van der Waals surface area contributed by atoms with Crippen LogP contribution in [0.1, 0.15) is 10.5 Å². The van der Waals surface area contributed by atoms with Crippen LogP contribution in [0.25, 0.3) is 0 Å². The van der Waals surface area contributed by atoms with E-state index >= 15 is 0 Å². The zero-order valence-electron chi connectivity index (χ0n) is 8.20. The number of hydrogen-bond acceptors (Lipinski definition) is 3. The van der Waals surface area contributed by atoms with Gasteiger partial charge in [-0.2, -0.15) is 5.10 Å². The molecule has 0 saturated carbocycles. The number of para-hydroxylation sites is 1. The van der Waals surface area contributed by atoms with Gasteiger partial charge >= 0.3 is 0 Å². The number of hydrazine groups is 1. The predicted octanol–water partition coefficient (Wildman–Crippen LogP) is 1.82. The molecule has 2 rings (SSSR count). The second kappa shape index (κ2) is 4.67. The zero-order chi connectivity index (χ0) is 11.4. The van der Waals surface area contributed by atoms with Crippen molar-refractivity contribution in [2.24, 2.45) is 0 Å². The van der Waals surface area contributed by atoms with Gasteiger partial charge in [0.1, 0.15) is 0 Å². The minimum Gasteiger partial charge on any atom is -0.297 e. The van der Waals surface area contributed by atoms with Crippen molar-refractivity contribution < 1.29 is 4.79 Å². The Balaban J connectivity index is 1.98. The molecule has 0 aliphatic heterocycles. The van der Waals surface area contributed by atoms with Gasteiger partial charge < -0.3 is 0 Å². The fourth-order valence-corrected chi connectivity index (χ4v) is 1.32. The van der Waals surface area contributed by atoms with E-state index < -0.39 is 0 Å². The first kappa shape index (κ1) is 10.5. The first-order chi connectivity index (χ1) is 7.77. The number of carbonyl (C=O) groups is 1. The van der Waals surface area contributed by atoms with Crippen LogP contribution in [0.4, 0.5) is 5.69 Å². The summed E-state index contributed by atoms with van der Waals surface area (Å²) >= 11 is 5.90. The lowest BCUT2D eigenvalue weighted by atomic mass is 10.3. The second-order valence-corrected chi connectivity index (χ2v) is 3.43. The molecule has 0 bridgehead atoms. The summed E-state index contributed by atoms with van der Waals surface area (Å²) in [6, 6.07) is 8.68. The van der Waals surface area contributed by atoms with Gasteiger partial charge in [-0.1, -0.05) is 23.7 Å². The molecule has 16 heavy (non-hydrogen) atoms. The molecule has 6 heteroatoms. The monoisotopic (exact) mass is 236 g/mol. The number of anilines is 1. The Bertz CT molecular complexity index is 483. The quantitative estimate of drug-likeness (QED) is 0.712. The molecule has 5 nitrogen and oxygen atoms in total. The lowest BCUT2D eigenvalue weighted by Gasteiger charge is -2.08. The first-order valence-corrected chi connectivity index (χ1v) is 4.96. The highest BCUT2D eigenvalue weighted by atomic mass is 35.5. The van der Waals surface area contributed by atoms with Crippen LogP contribution in [0.15, 0.2) is 36.5 Å². The highest BCUT2D eigenvalue weighted by molar-refractivity contribution is 6.33. The van der Waals surface area contributed by atoms with Crippen molar-refractivity contribution in [2.75, 3.05) is 5.43 Å².